The number of carbonyl (C=O) groups is 1. The number of esters is 1. The Morgan fingerprint density at radius 1 is 0.472 bits per heavy atom. The molecule has 0 aliphatic carbocycles. The summed E-state index contributed by atoms with van der Waals surface area (Å²) in [6.45, 7) is 3.52. The number of rotatable bonds is 45. The molecule has 0 bridgehead atoms. The lowest BCUT2D eigenvalue weighted by Gasteiger charge is -2.42. The molecule has 14 heteroatoms. The summed E-state index contributed by atoms with van der Waals surface area (Å²) in [4.78, 5) is 13.0. The van der Waals surface area contributed by atoms with E-state index in [1.54, 1.807) is 0 Å². The third kappa shape index (κ3) is 31.5. The largest absolute Gasteiger partial charge is 0.457 e. The Labute approximate surface area is 434 Å². The molecule has 0 amide bonds. The van der Waals surface area contributed by atoms with Crippen LogP contribution in [0.2, 0.25) is 0 Å². The molecule has 2 saturated heterocycles. The van der Waals surface area contributed by atoms with Crippen LogP contribution in [0.5, 0.6) is 0 Å². The second kappa shape index (κ2) is 44.9. The Kier molecular flexibility index (Phi) is 41.1. The van der Waals surface area contributed by atoms with Crippen molar-refractivity contribution in [3.8, 4) is 0 Å². The van der Waals surface area contributed by atoms with Crippen molar-refractivity contribution in [2.24, 2.45) is 0 Å². The highest BCUT2D eigenvalue weighted by atomic mass is 16.7. The minimum absolute atomic E-state index is 0.0390. The molecule has 0 spiro atoms. The van der Waals surface area contributed by atoms with Gasteiger partial charge in [0.15, 0.2) is 12.6 Å². The number of ether oxygens (including phenoxy) is 6. The van der Waals surface area contributed by atoms with Crippen molar-refractivity contribution in [3.63, 3.8) is 0 Å². The van der Waals surface area contributed by atoms with Crippen molar-refractivity contribution in [2.75, 3.05) is 33.0 Å². The van der Waals surface area contributed by atoms with E-state index < -0.39 is 86.7 Å². The Morgan fingerprint density at radius 3 is 1.36 bits per heavy atom. The zero-order valence-electron chi connectivity index (χ0n) is 44.7. The first-order chi connectivity index (χ1) is 35.1. The van der Waals surface area contributed by atoms with E-state index >= 15 is 0 Å². The van der Waals surface area contributed by atoms with Gasteiger partial charge < -0.3 is 64.2 Å². The molecule has 2 aliphatic heterocycles. The summed E-state index contributed by atoms with van der Waals surface area (Å²) in [6.07, 6.45) is 38.7. The molecule has 2 fully saturated rings. The molecule has 2 heterocycles. The van der Waals surface area contributed by atoms with Crippen LogP contribution in [-0.4, -0.2) is 142 Å². The number of hydrogen-bond donors (Lipinski definition) is 7. The van der Waals surface area contributed by atoms with Crippen LogP contribution in [0.15, 0.2) is 60.8 Å². The molecule has 72 heavy (non-hydrogen) atoms. The van der Waals surface area contributed by atoms with Gasteiger partial charge >= 0.3 is 5.97 Å². The van der Waals surface area contributed by atoms with Crippen LogP contribution in [0.1, 0.15) is 200 Å². The summed E-state index contributed by atoms with van der Waals surface area (Å²) in [5, 5.41) is 72.3. The normalized spacial score (nSPS) is 25.6. The van der Waals surface area contributed by atoms with E-state index in [4.69, 9.17) is 28.4 Å². The van der Waals surface area contributed by atoms with Crippen molar-refractivity contribution in [3.05, 3.63) is 60.8 Å². The smallest absolute Gasteiger partial charge is 0.306 e. The molecule has 11 atom stereocenters. The maximum atomic E-state index is 13.0. The van der Waals surface area contributed by atoms with E-state index in [0.29, 0.717) is 19.4 Å². The van der Waals surface area contributed by atoms with Gasteiger partial charge in [-0.3, -0.25) is 4.79 Å². The molecular formula is C58H102O14. The molecule has 11 unspecified atom stereocenters. The molecule has 2 aliphatic rings. The summed E-state index contributed by atoms with van der Waals surface area (Å²) in [7, 11) is 0. The van der Waals surface area contributed by atoms with E-state index in [0.717, 1.165) is 51.4 Å². The van der Waals surface area contributed by atoms with Crippen LogP contribution < -0.4 is 0 Å². The average molecular weight is 1020 g/mol. The predicted octanol–water partition coefficient (Wildman–Crippen LogP) is 9.69. The molecule has 14 nitrogen and oxygen atoms in total. The lowest BCUT2D eigenvalue weighted by Crippen LogP contribution is -2.61. The second-order valence-electron chi connectivity index (χ2n) is 19.7. The molecule has 0 aromatic heterocycles. The van der Waals surface area contributed by atoms with Crippen molar-refractivity contribution >= 4 is 5.97 Å². The van der Waals surface area contributed by atoms with Gasteiger partial charge in [-0.25, -0.2) is 0 Å². The van der Waals surface area contributed by atoms with E-state index in [2.05, 4.69) is 74.6 Å². The first-order valence-electron chi connectivity index (χ1n) is 28.4. The van der Waals surface area contributed by atoms with Gasteiger partial charge in [-0.1, -0.05) is 203 Å². The van der Waals surface area contributed by atoms with Gasteiger partial charge in [0.05, 0.1) is 26.4 Å². The highest BCUT2D eigenvalue weighted by Crippen LogP contribution is 2.26. The number of hydrogen-bond acceptors (Lipinski definition) is 14. The maximum absolute atomic E-state index is 13.0. The first kappa shape index (κ1) is 65.8. The fourth-order valence-electron chi connectivity index (χ4n) is 8.73. The van der Waals surface area contributed by atoms with Crippen LogP contribution >= 0.6 is 0 Å². The van der Waals surface area contributed by atoms with Gasteiger partial charge in [-0.2, -0.15) is 0 Å². The molecule has 0 radical (unpaired) electrons. The minimum atomic E-state index is -1.72. The van der Waals surface area contributed by atoms with E-state index in [-0.39, 0.29) is 19.6 Å². The Bertz CT molecular complexity index is 1420. The van der Waals surface area contributed by atoms with Crippen LogP contribution in [0.4, 0.5) is 0 Å². The van der Waals surface area contributed by atoms with Crippen LogP contribution in [0, 0.1) is 0 Å². The van der Waals surface area contributed by atoms with Crippen molar-refractivity contribution in [1.82, 2.24) is 0 Å². The monoisotopic (exact) mass is 1020 g/mol. The molecule has 7 N–H and O–H groups in total. The standard InChI is InChI=1S/C58H102O14/c1-3-5-7-9-11-13-15-17-19-21-22-23-24-26-28-30-32-34-36-38-40-42-67-44-47(70-50(60)41-39-37-35-33-31-29-27-25-20-18-16-14-12-10-8-6-4-2)45-68-57-56(66)54(64)52(62)49(72-57)46-69-58-55(65)53(63)51(61)48(43-59)71-58/h6,8,12,14,18,20,27,29,33,35,47-49,51-59,61-66H,3-5,7,9-11,13,15-17,19,21-26,28,30-32,34,36-46H2,1-2H3/b8-6-,14-12-,20-18-,29-27-,35-33-. The van der Waals surface area contributed by atoms with Crippen molar-refractivity contribution in [1.29, 1.82) is 0 Å². The zero-order valence-corrected chi connectivity index (χ0v) is 44.7. The van der Waals surface area contributed by atoms with Gasteiger partial charge in [-0.05, 0) is 51.4 Å². The highest BCUT2D eigenvalue weighted by molar-refractivity contribution is 5.69. The van der Waals surface area contributed by atoms with E-state index in [1.807, 2.05) is 0 Å². The lowest BCUT2D eigenvalue weighted by atomic mass is 9.98. The maximum Gasteiger partial charge on any atom is 0.306 e. The summed E-state index contributed by atoms with van der Waals surface area (Å²) < 4.78 is 34.3. The van der Waals surface area contributed by atoms with Gasteiger partial charge in [0.25, 0.3) is 0 Å². The summed E-state index contributed by atoms with van der Waals surface area (Å²) in [5.41, 5.74) is 0. The van der Waals surface area contributed by atoms with Gasteiger partial charge in [0.2, 0.25) is 0 Å². The fourth-order valence-corrected chi connectivity index (χ4v) is 8.73. The molecule has 418 valence electrons. The summed E-state index contributed by atoms with van der Waals surface area (Å²) >= 11 is 0. The number of carbonyl (C=O) groups excluding carboxylic acids is 1. The highest BCUT2D eigenvalue weighted by Gasteiger charge is 2.47. The Morgan fingerprint density at radius 2 is 0.889 bits per heavy atom. The molecule has 2 rings (SSSR count). The van der Waals surface area contributed by atoms with E-state index in [1.165, 1.54) is 116 Å². The third-order valence-corrected chi connectivity index (χ3v) is 13.3. The average Bonchev–Trinajstić information content (AvgIpc) is 3.38. The van der Waals surface area contributed by atoms with Crippen LogP contribution in [0.25, 0.3) is 0 Å². The number of aliphatic hydroxyl groups is 7. The Balaban J connectivity index is 1.74. The fraction of sp³-hybridized carbons (Fsp3) is 0.810. The number of allylic oxidation sites excluding steroid dienone is 10. The molecule has 0 aromatic carbocycles. The lowest BCUT2D eigenvalue weighted by molar-refractivity contribution is -0.332. The Hall–Kier alpha value is -2.31. The quantitative estimate of drug-likeness (QED) is 0.0172. The van der Waals surface area contributed by atoms with Gasteiger partial charge in [0.1, 0.15) is 54.9 Å². The molecule has 0 saturated carbocycles. The van der Waals surface area contributed by atoms with E-state index in [9.17, 15) is 40.5 Å². The SMILES string of the molecule is CC/C=C\C/C=C\C/C=C\C/C=C\C/C=C\CCCC(=O)OC(COCCCCCCCCCCCCCCCCCCCCCCC)COC1OC(COC2OC(CO)C(O)C(O)C2O)C(O)C(O)C1O. The zero-order chi connectivity index (χ0) is 52.3. The van der Waals surface area contributed by atoms with Crippen molar-refractivity contribution < 1.29 is 69.0 Å². The van der Waals surface area contributed by atoms with Gasteiger partial charge in [-0.15, -0.1) is 0 Å². The summed E-state index contributed by atoms with van der Waals surface area (Å²) in [5.74, 6) is -0.431. The topological polar surface area (TPSA) is 214 Å². The van der Waals surface area contributed by atoms with Crippen molar-refractivity contribution in [2.45, 2.75) is 268 Å². The second-order valence-corrected chi connectivity index (χ2v) is 19.7. The van der Waals surface area contributed by atoms with Crippen LogP contribution in [0.3, 0.4) is 0 Å². The molecule has 0 aromatic rings. The van der Waals surface area contributed by atoms with Gasteiger partial charge in [0, 0.05) is 13.0 Å². The number of unbranched alkanes of at least 4 members (excludes halogenated alkanes) is 21. The first-order valence-corrected chi connectivity index (χ1v) is 28.4. The third-order valence-electron chi connectivity index (χ3n) is 13.3. The molecular weight excluding hydrogens is 921 g/mol. The summed E-state index contributed by atoms with van der Waals surface area (Å²) in [6, 6.07) is 0. The predicted molar refractivity (Wildman–Crippen MR) is 284 cm³/mol. The number of aliphatic hydroxyl groups excluding tert-OH is 7. The minimum Gasteiger partial charge on any atom is -0.457 e. The van der Waals surface area contributed by atoms with Crippen LogP contribution in [-0.2, 0) is 33.2 Å².